The van der Waals surface area contributed by atoms with Crippen molar-refractivity contribution in [1.29, 1.82) is 5.26 Å². The normalized spacial score (nSPS) is 13.4. The molecule has 0 aliphatic carbocycles. The van der Waals surface area contributed by atoms with Crippen molar-refractivity contribution in [2.24, 2.45) is 0 Å². The Morgan fingerprint density at radius 3 is 2.86 bits per heavy atom. The van der Waals surface area contributed by atoms with Gasteiger partial charge in [0, 0.05) is 16.7 Å². The molecule has 1 amide bonds. The van der Waals surface area contributed by atoms with Crippen LogP contribution in [0.5, 0.6) is 0 Å². The molecular formula is C17H13BrN2O. The first kappa shape index (κ1) is 13.8. The summed E-state index contributed by atoms with van der Waals surface area (Å²) in [7, 11) is 0. The predicted molar refractivity (Wildman–Crippen MR) is 85.3 cm³/mol. The maximum Gasteiger partial charge on any atom is 0.259 e. The lowest BCUT2D eigenvalue weighted by Crippen LogP contribution is -2.35. The molecule has 1 heterocycles. The van der Waals surface area contributed by atoms with Crippen molar-refractivity contribution in [3.05, 3.63) is 63.6 Å². The van der Waals surface area contributed by atoms with Crippen molar-refractivity contribution in [2.75, 3.05) is 11.4 Å². The molecule has 0 N–H and O–H groups in total. The number of rotatable bonds is 1. The number of hydrogen-bond donors (Lipinski definition) is 0. The number of halogens is 1. The number of para-hydroxylation sites is 1. The Hall–Kier alpha value is -2.12. The van der Waals surface area contributed by atoms with Crippen molar-refractivity contribution in [3.8, 4) is 6.07 Å². The lowest BCUT2D eigenvalue weighted by atomic mass is 10.0. The van der Waals surface area contributed by atoms with E-state index in [2.05, 4.69) is 28.1 Å². The molecule has 0 saturated heterocycles. The highest BCUT2D eigenvalue weighted by Crippen LogP contribution is 2.29. The zero-order chi connectivity index (χ0) is 14.8. The number of carbonyl (C=O) groups excluding carboxylic acids is 1. The van der Waals surface area contributed by atoms with Gasteiger partial charge in [0.2, 0.25) is 0 Å². The van der Waals surface area contributed by atoms with Crippen molar-refractivity contribution in [1.82, 2.24) is 0 Å². The molecule has 1 aliphatic heterocycles. The Balaban J connectivity index is 2.03. The number of benzene rings is 2. The summed E-state index contributed by atoms with van der Waals surface area (Å²) in [4.78, 5) is 14.6. The molecule has 2 aromatic carbocycles. The van der Waals surface area contributed by atoms with E-state index >= 15 is 0 Å². The maximum absolute atomic E-state index is 12.8. The van der Waals surface area contributed by atoms with Gasteiger partial charge in [0.25, 0.3) is 5.91 Å². The summed E-state index contributed by atoms with van der Waals surface area (Å²) in [6.45, 7) is 0.707. The molecular weight excluding hydrogens is 328 g/mol. The van der Waals surface area contributed by atoms with Gasteiger partial charge >= 0.3 is 0 Å². The number of nitrogens with zero attached hydrogens (tertiary/aromatic N) is 2. The summed E-state index contributed by atoms with van der Waals surface area (Å²) in [5, 5.41) is 9.01. The number of amides is 1. The predicted octanol–water partition coefficient (Wildman–Crippen LogP) is 3.91. The fourth-order valence-electron chi connectivity index (χ4n) is 2.65. The highest BCUT2D eigenvalue weighted by molar-refractivity contribution is 9.10. The SMILES string of the molecule is N#Cc1ccc(Br)c(C(=O)N2CCCc3ccccc32)c1. The number of anilines is 1. The van der Waals surface area contributed by atoms with E-state index in [-0.39, 0.29) is 5.91 Å². The Morgan fingerprint density at radius 2 is 2.05 bits per heavy atom. The Labute approximate surface area is 131 Å². The minimum absolute atomic E-state index is 0.0638. The van der Waals surface area contributed by atoms with E-state index < -0.39 is 0 Å². The van der Waals surface area contributed by atoms with Crippen LogP contribution in [0.3, 0.4) is 0 Å². The van der Waals surface area contributed by atoms with Crippen LogP contribution in [-0.4, -0.2) is 12.5 Å². The fourth-order valence-corrected chi connectivity index (χ4v) is 3.06. The second kappa shape index (κ2) is 5.71. The largest absolute Gasteiger partial charge is 0.308 e. The van der Waals surface area contributed by atoms with Gasteiger partial charge in [-0.05, 0) is 58.6 Å². The molecule has 3 nitrogen and oxygen atoms in total. The Kier molecular flexibility index (Phi) is 3.76. The van der Waals surface area contributed by atoms with Gasteiger partial charge in [-0.1, -0.05) is 18.2 Å². The van der Waals surface area contributed by atoms with E-state index in [4.69, 9.17) is 5.26 Å². The lowest BCUT2D eigenvalue weighted by molar-refractivity contribution is 0.0984. The van der Waals surface area contributed by atoms with Crippen LogP contribution in [0.25, 0.3) is 0 Å². The molecule has 3 rings (SSSR count). The van der Waals surface area contributed by atoms with Gasteiger partial charge in [-0.25, -0.2) is 0 Å². The average Bonchev–Trinajstić information content (AvgIpc) is 2.54. The van der Waals surface area contributed by atoms with E-state index in [0.717, 1.165) is 23.0 Å². The summed E-state index contributed by atoms with van der Waals surface area (Å²) >= 11 is 3.41. The van der Waals surface area contributed by atoms with Gasteiger partial charge < -0.3 is 4.90 Å². The third kappa shape index (κ3) is 2.57. The quantitative estimate of drug-likeness (QED) is 0.789. The van der Waals surface area contributed by atoms with Crippen LogP contribution in [-0.2, 0) is 6.42 Å². The number of aryl methyl sites for hydroxylation is 1. The summed E-state index contributed by atoms with van der Waals surface area (Å²) in [5.41, 5.74) is 3.20. The molecule has 4 heteroatoms. The third-order valence-corrected chi connectivity index (χ3v) is 4.37. The van der Waals surface area contributed by atoms with Crippen LogP contribution in [0.4, 0.5) is 5.69 Å². The first-order valence-corrected chi connectivity index (χ1v) is 7.59. The van der Waals surface area contributed by atoms with E-state index in [1.807, 2.05) is 18.2 Å². The second-order valence-corrected chi connectivity index (χ2v) is 5.85. The summed E-state index contributed by atoms with van der Waals surface area (Å²) in [6, 6.07) is 15.2. The zero-order valence-electron chi connectivity index (χ0n) is 11.3. The molecule has 0 fully saturated rings. The summed E-state index contributed by atoms with van der Waals surface area (Å²) < 4.78 is 0.717. The van der Waals surface area contributed by atoms with Crippen LogP contribution in [0.15, 0.2) is 46.9 Å². The molecule has 0 radical (unpaired) electrons. The third-order valence-electron chi connectivity index (χ3n) is 3.68. The second-order valence-electron chi connectivity index (χ2n) is 5.00. The van der Waals surface area contributed by atoms with E-state index in [1.165, 1.54) is 5.56 Å². The van der Waals surface area contributed by atoms with E-state index in [0.29, 0.717) is 17.7 Å². The number of nitriles is 1. The van der Waals surface area contributed by atoms with E-state index in [9.17, 15) is 4.79 Å². The van der Waals surface area contributed by atoms with Crippen LogP contribution >= 0.6 is 15.9 Å². The first-order chi connectivity index (χ1) is 10.2. The summed E-state index contributed by atoms with van der Waals surface area (Å²) in [5.74, 6) is -0.0638. The molecule has 0 spiro atoms. The molecule has 104 valence electrons. The Bertz CT molecular complexity index is 749. The average molecular weight is 341 g/mol. The number of hydrogen-bond acceptors (Lipinski definition) is 2. The molecule has 0 unspecified atom stereocenters. The minimum Gasteiger partial charge on any atom is -0.308 e. The highest BCUT2D eigenvalue weighted by Gasteiger charge is 2.24. The number of carbonyl (C=O) groups is 1. The fraction of sp³-hybridized carbons (Fsp3) is 0.176. The van der Waals surface area contributed by atoms with Crippen molar-refractivity contribution in [2.45, 2.75) is 12.8 Å². The molecule has 0 bridgehead atoms. The number of fused-ring (bicyclic) bond motifs is 1. The standard InChI is InChI=1S/C17H13BrN2O/c18-15-8-7-12(11-19)10-14(15)17(21)20-9-3-5-13-4-1-2-6-16(13)20/h1-2,4,6-8,10H,3,5,9H2. The minimum atomic E-state index is -0.0638. The van der Waals surface area contributed by atoms with Gasteiger partial charge in [-0.3, -0.25) is 4.79 Å². The monoisotopic (exact) mass is 340 g/mol. The molecule has 0 atom stereocenters. The topological polar surface area (TPSA) is 44.1 Å². The van der Waals surface area contributed by atoms with Crippen molar-refractivity contribution >= 4 is 27.5 Å². The molecule has 0 saturated carbocycles. The van der Waals surface area contributed by atoms with Gasteiger partial charge in [0.15, 0.2) is 0 Å². The smallest absolute Gasteiger partial charge is 0.259 e. The van der Waals surface area contributed by atoms with Crippen LogP contribution < -0.4 is 4.90 Å². The summed E-state index contributed by atoms with van der Waals surface area (Å²) in [6.07, 6.45) is 1.96. The first-order valence-electron chi connectivity index (χ1n) is 6.80. The Morgan fingerprint density at radius 1 is 1.24 bits per heavy atom. The highest BCUT2D eigenvalue weighted by atomic mass is 79.9. The van der Waals surface area contributed by atoms with Gasteiger partial charge in [0.1, 0.15) is 0 Å². The van der Waals surface area contributed by atoms with Gasteiger partial charge in [-0.15, -0.1) is 0 Å². The molecule has 2 aromatic rings. The van der Waals surface area contributed by atoms with Gasteiger partial charge in [-0.2, -0.15) is 5.26 Å². The maximum atomic E-state index is 12.8. The van der Waals surface area contributed by atoms with Crippen LogP contribution in [0.2, 0.25) is 0 Å². The van der Waals surface area contributed by atoms with Crippen LogP contribution in [0.1, 0.15) is 27.9 Å². The van der Waals surface area contributed by atoms with E-state index in [1.54, 1.807) is 23.1 Å². The zero-order valence-corrected chi connectivity index (χ0v) is 12.9. The molecule has 21 heavy (non-hydrogen) atoms. The molecule has 1 aliphatic rings. The van der Waals surface area contributed by atoms with Crippen molar-refractivity contribution < 1.29 is 4.79 Å². The lowest BCUT2D eigenvalue weighted by Gasteiger charge is -2.29. The van der Waals surface area contributed by atoms with Crippen molar-refractivity contribution in [3.63, 3.8) is 0 Å². The molecule has 0 aromatic heterocycles. The van der Waals surface area contributed by atoms with Crippen LogP contribution in [0, 0.1) is 11.3 Å². The van der Waals surface area contributed by atoms with Gasteiger partial charge in [0.05, 0.1) is 17.2 Å².